The van der Waals surface area contributed by atoms with Gasteiger partial charge in [0.25, 0.3) is 10.0 Å². The first-order chi connectivity index (χ1) is 12.1. The Labute approximate surface area is 149 Å². The summed E-state index contributed by atoms with van der Waals surface area (Å²) >= 11 is 0. The average Bonchev–Trinajstić information content (AvgIpc) is 2.54. The number of nitrogens with zero attached hydrogens (tertiary/aromatic N) is 1. The van der Waals surface area contributed by atoms with Gasteiger partial charge >= 0.3 is 6.18 Å². The molecule has 0 saturated heterocycles. The molecule has 0 atom stereocenters. The number of alkyl halides is 3. The molecule has 0 heterocycles. The Morgan fingerprint density at radius 2 is 1.62 bits per heavy atom. The summed E-state index contributed by atoms with van der Waals surface area (Å²) in [7, 11) is -3.89. The van der Waals surface area contributed by atoms with Crippen molar-refractivity contribution < 1.29 is 26.3 Å². The van der Waals surface area contributed by atoms with Crippen molar-refractivity contribution in [2.45, 2.75) is 31.0 Å². The molecule has 2 rings (SSSR count). The summed E-state index contributed by atoms with van der Waals surface area (Å²) in [6.07, 6.45) is -3.35. The number of nitrogens with one attached hydrogen (secondary N) is 1. The maximum atomic E-state index is 12.5. The van der Waals surface area contributed by atoms with E-state index >= 15 is 0 Å². The molecule has 26 heavy (non-hydrogen) atoms. The van der Waals surface area contributed by atoms with Gasteiger partial charge in [0, 0.05) is 0 Å². The van der Waals surface area contributed by atoms with Gasteiger partial charge in [0.2, 0.25) is 0 Å². The van der Waals surface area contributed by atoms with E-state index in [4.69, 9.17) is 4.74 Å². The first-order valence-corrected chi connectivity index (χ1v) is 9.05. The number of hydrazone groups is 1. The molecule has 0 spiro atoms. The largest absolute Gasteiger partial charge is 0.491 e. The number of hydrogen-bond acceptors (Lipinski definition) is 4. The maximum absolute atomic E-state index is 12.5. The monoisotopic (exact) mass is 386 g/mol. The highest BCUT2D eigenvalue weighted by Gasteiger charge is 2.29. The van der Waals surface area contributed by atoms with Gasteiger partial charge in [-0.2, -0.15) is 26.7 Å². The van der Waals surface area contributed by atoms with Crippen LogP contribution in [0.3, 0.4) is 0 Å². The zero-order valence-corrected chi connectivity index (χ0v) is 14.8. The van der Waals surface area contributed by atoms with E-state index in [-0.39, 0.29) is 11.0 Å². The van der Waals surface area contributed by atoms with Crippen molar-refractivity contribution in [2.24, 2.45) is 5.10 Å². The summed E-state index contributed by atoms with van der Waals surface area (Å²) in [4.78, 5) is 1.99. The Bertz CT molecular complexity index is 860. The summed E-state index contributed by atoms with van der Waals surface area (Å²) in [6, 6.07) is 9.95. The van der Waals surface area contributed by atoms with Crippen molar-refractivity contribution in [3.05, 3.63) is 59.7 Å². The second-order valence-corrected chi connectivity index (χ2v) is 7.27. The number of hydrogen-bond donors (Lipinski definition) is 1. The molecule has 0 amide bonds. The molecular weight excluding hydrogens is 369 g/mol. The number of rotatable bonds is 6. The highest BCUT2D eigenvalue weighted by atomic mass is 32.2. The smallest absolute Gasteiger partial charge is 0.416 e. The van der Waals surface area contributed by atoms with Crippen molar-refractivity contribution >= 4 is 16.2 Å². The van der Waals surface area contributed by atoms with Gasteiger partial charge in [-0.25, -0.2) is 4.83 Å². The van der Waals surface area contributed by atoms with Crippen LogP contribution in [0.5, 0.6) is 5.75 Å². The third-order valence-electron chi connectivity index (χ3n) is 3.13. The van der Waals surface area contributed by atoms with Crippen molar-refractivity contribution in [2.75, 3.05) is 0 Å². The summed E-state index contributed by atoms with van der Waals surface area (Å²) < 4.78 is 67.1. The molecule has 2 aromatic carbocycles. The van der Waals surface area contributed by atoms with Crippen LogP contribution < -0.4 is 9.57 Å². The van der Waals surface area contributed by atoms with Gasteiger partial charge in [0.15, 0.2) is 0 Å². The molecule has 2 aromatic rings. The van der Waals surface area contributed by atoms with Crippen molar-refractivity contribution in [1.82, 2.24) is 4.83 Å². The summed E-state index contributed by atoms with van der Waals surface area (Å²) in [6.45, 7) is 3.70. The summed E-state index contributed by atoms with van der Waals surface area (Å²) in [5.41, 5.74) is -0.472. The Morgan fingerprint density at radius 1 is 1.04 bits per heavy atom. The minimum absolute atomic E-state index is 0.0156. The molecule has 140 valence electrons. The van der Waals surface area contributed by atoms with E-state index in [1.165, 1.54) is 36.4 Å². The second kappa shape index (κ2) is 7.77. The van der Waals surface area contributed by atoms with Crippen LogP contribution in [0.15, 0.2) is 58.5 Å². The number of ether oxygens (including phenoxy) is 1. The van der Waals surface area contributed by atoms with Crippen LogP contribution in [0.25, 0.3) is 0 Å². The Balaban J connectivity index is 2.04. The molecule has 1 N–H and O–H groups in total. The standard InChI is InChI=1S/C17H17F3N2O3S/c1-12(2)25-15-7-9-16(10-8-15)26(23,24)22-21-11-13-3-5-14(6-4-13)17(18,19)20/h3-12,22H,1-2H3/b21-11+. The molecule has 0 bridgehead atoms. The third kappa shape index (κ3) is 5.48. The molecule has 0 fully saturated rings. The molecule has 0 saturated carbocycles. The van der Waals surface area contributed by atoms with Crippen LogP contribution in [-0.4, -0.2) is 20.7 Å². The van der Waals surface area contributed by atoms with Crippen LogP contribution in [0, 0.1) is 0 Å². The lowest BCUT2D eigenvalue weighted by Crippen LogP contribution is -2.18. The summed E-state index contributed by atoms with van der Waals surface area (Å²) in [5.74, 6) is 0.534. The van der Waals surface area contributed by atoms with Crippen molar-refractivity contribution in [3.8, 4) is 5.75 Å². The quantitative estimate of drug-likeness (QED) is 0.606. The first-order valence-electron chi connectivity index (χ1n) is 7.57. The van der Waals surface area contributed by atoms with Crippen LogP contribution in [0.4, 0.5) is 13.2 Å². The van der Waals surface area contributed by atoms with Gasteiger partial charge < -0.3 is 4.74 Å². The third-order valence-corrected chi connectivity index (χ3v) is 4.37. The van der Waals surface area contributed by atoms with Crippen LogP contribution in [-0.2, 0) is 16.2 Å². The predicted molar refractivity (Wildman–Crippen MR) is 91.6 cm³/mol. The fourth-order valence-corrected chi connectivity index (χ4v) is 2.74. The molecule has 0 unspecified atom stereocenters. The zero-order chi connectivity index (χ0) is 19.4. The van der Waals surface area contributed by atoms with Gasteiger partial charge in [-0.3, -0.25) is 0 Å². The molecule has 0 aromatic heterocycles. The Morgan fingerprint density at radius 3 is 2.12 bits per heavy atom. The second-order valence-electron chi connectivity index (χ2n) is 5.61. The van der Waals surface area contributed by atoms with E-state index in [1.807, 2.05) is 18.7 Å². The lowest BCUT2D eigenvalue weighted by molar-refractivity contribution is -0.137. The van der Waals surface area contributed by atoms with Crippen LogP contribution in [0.2, 0.25) is 0 Å². The highest BCUT2D eigenvalue weighted by molar-refractivity contribution is 7.89. The lowest BCUT2D eigenvalue weighted by Gasteiger charge is -2.10. The fourth-order valence-electron chi connectivity index (χ4n) is 1.95. The first kappa shape index (κ1) is 19.8. The maximum Gasteiger partial charge on any atom is 0.416 e. The van der Waals surface area contributed by atoms with Crippen molar-refractivity contribution in [3.63, 3.8) is 0 Å². The van der Waals surface area contributed by atoms with Gasteiger partial charge in [-0.1, -0.05) is 12.1 Å². The molecule has 0 aliphatic carbocycles. The zero-order valence-electron chi connectivity index (χ0n) is 14.0. The van der Waals surface area contributed by atoms with Gasteiger partial charge in [-0.05, 0) is 55.8 Å². The molecule has 0 aliphatic heterocycles. The van der Waals surface area contributed by atoms with Gasteiger partial charge in [0.05, 0.1) is 22.8 Å². The van der Waals surface area contributed by atoms with Crippen LogP contribution in [0.1, 0.15) is 25.0 Å². The minimum Gasteiger partial charge on any atom is -0.491 e. The molecular formula is C17H17F3N2O3S. The topological polar surface area (TPSA) is 67.8 Å². The molecule has 0 aliphatic rings. The van der Waals surface area contributed by atoms with Gasteiger partial charge in [0.1, 0.15) is 5.75 Å². The molecule has 5 nitrogen and oxygen atoms in total. The normalized spacial score (nSPS) is 12.5. The SMILES string of the molecule is CC(C)Oc1ccc(S(=O)(=O)N/N=C/c2ccc(C(F)(F)F)cc2)cc1. The Hall–Kier alpha value is -2.55. The minimum atomic E-state index is -4.43. The lowest BCUT2D eigenvalue weighted by atomic mass is 10.1. The van der Waals surface area contributed by atoms with Gasteiger partial charge in [-0.15, -0.1) is 0 Å². The van der Waals surface area contributed by atoms with E-state index in [0.717, 1.165) is 18.3 Å². The number of benzene rings is 2. The Kier molecular flexibility index (Phi) is 5.91. The molecule has 9 heteroatoms. The number of sulfonamides is 1. The number of halogens is 3. The predicted octanol–water partition coefficient (Wildman–Crippen LogP) is 3.81. The van der Waals surface area contributed by atoms with E-state index in [0.29, 0.717) is 11.3 Å². The average molecular weight is 386 g/mol. The van der Waals surface area contributed by atoms with E-state index in [1.54, 1.807) is 0 Å². The van der Waals surface area contributed by atoms with Crippen LogP contribution >= 0.6 is 0 Å². The highest BCUT2D eigenvalue weighted by Crippen LogP contribution is 2.28. The summed E-state index contributed by atoms with van der Waals surface area (Å²) in [5, 5.41) is 3.58. The van der Waals surface area contributed by atoms with Crippen molar-refractivity contribution in [1.29, 1.82) is 0 Å². The molecule has 0 radical (unpaired) electrons. The van der Waals surface area contributed by atoms with E-state index in [9.17, 15) is 21.6 Å². The fraction of sp³-hybridized carbons (Fsp3) is 0.235. The van der Waals surface area contributed by atoms with E-state index < -0.39 is 21.8 Å². The van der Waals surface area contributed by atoms with E-state index in [2.05, 4.69) is 5.10 Å².